The van der Waals surface area contributed by atoms with E-state index in [1.165, 1.54) is 24.5 Å². The standard InChI is InChI=1S/C16H12F3N3O3/c1-9(20-14(23)12-6-3-7-24-12)15-21-13(22-25-15)10-4-2-5-11(8-10)16(17,18)19/h2-9H,1H3,(H,20,23). The van der Waals surface area contributed by atoms with E-state index in [1.807, 2.05) is 0 Å². The van der Waals surface area contributed by atoms with Crippen LogP contribution in [0.25, 0.3) is 11.4 Å². The van der Waals surface area contributed by atoms with Crippen molar-refractivity contribution >= 4 is 5.91 Å². The van der Waals surface area contributed by atoms with Crippen molar-refractivity contribution in [1.29, 1.82) is 0 Å². The van der Waals surface area contributed by atoms with Crippen molar-refractivity contribution in [3.05, 3.63) is 59.9 Å². The maximum Gasteiger partial charge on any atom is 0.416 e. The van der Waals surface area contributed by atoms with Gasteiger partial charge in [-0.25, -0.2) is 0 Å². The van der Waals surface area contributed by atoms with Gasteiger partial charge in [0.15, 0.2) is 5.76 Å². The summed E-state index contributed by atoms with van der Waals surface area (Å²) in [5.74, 6) is -0.298. The third kappa shape index (κ3) is 3.70. The maximum atomic E-state index is 12.8. The summed E-state index contributed by atoms with van der Waals surface area (Å²) in [5, 5.41) is 6.26. The number of aromatic nitrogens is 2. The van der Waals surface area contributed by atoms with Gasteiger partial charge in [-0.3, -0.25) is 4.79 Å². The van der Waals surface area contributed by atoms with Crippen LogP contribution in [0.15, 0.2) is 51.6 Å². The molecule has 1 N–H and O–H groups in total. The number of benzene rings is 1. The second-order valence-electron chi connectivity index (χ2n) is 5.21. The highest BCUT2D eigenvalue weighted by Crippen LogP contribution is 2.31. The number of hydrogen-bond acceptors (Lipinski definition) is 5. The molecule has 1 aromatic carbocycles. The first-order valence-corrected chi connectivity index (χ1v) is 7.20. The Balaban J connectivity index is 1.77. The van der Waals surface area contributed by atoms with Gasteiger partial charge < -0.3 is 14.3 Å². The largest absolute Gasteiger partial charge is 0.459 e. The molecule has 0 spiro atoms. The molecule has 0 aliphatic heterocycles. The summed E-state index contributed by atoms with van der Waals surface area (Å²) in [6.07, 6.45) is -3.11. The Kier molecular flexibility index (Phi) is 4.30. The lowest BCUT2D eigenvalue weighted by atomic mass is 10.1. The fourth-order valence-corrected chi connectivity index (χ4v) is 2.10. The van der Waals surface area contributed by atoms with Crippen molar-refractivity contribution in [2.24, 2.45) is 0 Å². The van der Waals surface area contributed by atoms with Gasteiger partial charge in [0.05, 0.1) is 11.8 Å². The molecule has 0 radical (unpaired) electrons. The topological polar surface area (TPSA) is 81.2 Å². The highest BCUT2D eigenvalue weighted by atomic mass is 19.4. The number of hydrogen-bond donors (Lipinski definition) is 1. The first-order valence-electron chi connectivity index (χ1n) is 7.20. The molecule has 0 bridgehead atoms. The molecule has 9 heteroatoms. The highest BCUT2D eigenvalue weighted by molar-refractivity contribution is 5.91. The van der Waals surface area contributed by atoms with Crippen LogP contribution in [0.4, 0.5) is 13.2 Å². The number of furan rings is 1. The van der Waals surface area contributed by atoms with Crippen LogP contribution in [-0.2, 0) is 6.18 Å². The summed E-state index contributed by atoms with van der Waals surface area (Å²) in [6, 6.07) is 7.00. The number of amides is 1. The molecule has 130 valence electrons. The van der Waals surface area contributed by atoms with Crippen LogP contribution >= 0.6 is 0 Å². The first kappa shape index (κ1) is 16.7. The van der Waals surface area contributed by atoms with Gasteiger partial charge in [-0.15, -0.1) is 0 Å². The minimum Gasteiger partial charge on any atom is -0.459 e. The van der Waals surface area contributed by atoms with E-state index in [4.69, 9.17) is 8.94 Å². The maximum absolute atomic E-state index is 12.8. The zero-order chi connectivity index (χ0) is 18.0. The number of alkyl halides is 3. The number of halogens is 3. The van der Waals surface area contributed by atoms with E-state index in [9.17, 15) is 18.0 Å². The van der Waals surface area contributed by atoms with Crippen molar-refractivity contribution in [3.8, 4) is 11.4 Å². The van der Waals surface area contributed by atoms with Gasteiger partial charge in [0.2, 0.25) is 11.7 Å². The molecule has 3 rings (SSSR count). The molecule has 1 atom stereocenters. The highest BCUT2D eigenvalue weighted by Gasteiger charge is 2.31. The summed E-state index contributed by atoms with van der Waals surface area (Å²) in [5.41, 5.74) is -0.648. The number of carbonyl (C=O) groups is 1. The molecular formula is C16H12F3N3O3. The first-order chi connectivity index (χ1) is 11.8. The van der Waals surface area contributed by atoms with Crippen molar-refractivity contribution < 1.29 is 26.9 Å². The Bertz CT molecular complexity index is 872. The summed E-state index contributed by atoms with van der Waals surface area (Å²) in [7, 11) is 0. The lowest BCUT2D eigenvalue weighted by molar-refractivity contribution is -0.137. The van der Waals surface area contributed by atoms with Crippen LogP contribution in [0.5, 0.6) is 0 Å². The number of nitrogens with one attached hydrogen (secondary N) is 1. The molecule has 25 heavy (non-hydrogen) atoms. The van der Waals surface area contributed by atoms with Gasteiger partial charge in [-0.1, -0.05) is 17.3 Å². The molecule has 6 nitrogen and oxygen atoms in total. The minimum absolute atomic E-state index is 0.000183. The average molecular weight is 351 g/mol. The van der Waals surface area contributed by atoms with Crippen molar-refractivity contribution in [2.75, 3.05) is 0 Å². The van der Waals surface area contributed by atoms with E-state index in [1.54, 1.807) is 13.0 Å². The fraction of sp³-hybridized carbons (Fsp3) is 0.188. The smallest absolute Gasteiger partial charge is 0.416 e. The third-order valence-corrected chi connectivity index (χ3v) is 3.35. The van der Waals surface area contributed by atoms with E-state index in [2.05, 4.69) is 15.5 Å². The van der Waals surface area contributed by atoms with E-state index in [0.717, 1.165) is 12.1 Å². The SMILES string of the molecule is CC(NC(=O)c1ccco1)c1nc(-c2cccc(C(F)(F)F)c2)no1. The van der Waals surface area contributed by atoms with Gasteiger partial charge in [-0.05, 0) is 31.2 Å². The molecule has 0 saturated heterocycles. The summed E-state index contributed by atoms with van der Waals surface area (Å²) < 4.78 is 48.3. The van der Waals surface area contributed by atoms with Crippen LogP contribution in [0.1, 0.15) is 35.0 Å². The van der Waals surface area contributed by atoms with E-state index in [-0.39, 0.29) is 23.0 Å². The lowest BCUT2D eigenvalue weighted by Crippen LogP contribution is -2.26. The molecule has 2 heterocycles. The zero-order valence-corrected chi connectivity index (χ0v) is 12.9. The molecule has 0 saturated carbocycles. The van der Waals surface area contributed by atoms with Crippen LogP contribution < -0.4 is 5.32 Å². The molecule has 1 unspecified atom stereocenters. The normalized spacial score (nSPS) is 12.8. The number of nitrogens with zero attached hydrogens (tertiary/aromatic N) is 2. The fourth-order valence-electron chi connectivity index (χ4n) is 2.10. The summed E-state index contributed by atoms with van der Waals surface area (Å²) in [4.78, 5) is 15.9. The summed E-state index contributed by atoms with van der Waals surface area (Å²) >= 11 is 0. The molecule has 1 amide bonds. The Morgan fingerprint density at radius 2 is 2.04 bits per heavy atom. The Morgan fingerprint density at radius 1 is 1.24 bits per heavy atom. The van der Waals surface area contributed by atoms with Crippen LogP contribution in [0.3, 0.4) is 0 Å². The Morgan fingerprint density at radius 3 is 2.72 bits per heavy atom. The predicted octanol–water partition coefficient (Wildman–Crippen LogP) is 3.84. The Hall–Kier alpha value is -3.10. The lowest BCUT2D eigenvalue weighted by Gasteiger charge is -2.07. The second-order valence-corrected chi connectivity index (χ2v) is 5.21. The quantitative estimate of drug-likeness (QED) is 0.772. The molecule has 0 aliphatic carbocycles. The van der Waals surface area contributed by atoms with Crippen LogP contribution in [-0.4, -0.2) is 16.0 Å². The predicted molar refractivity (Wildman–Crippen MR) is 79.3 cm³/mol. The third-order valence-electron chi connectivity index (χ3n) is 3.35. The van der Waals surface area contributed by atoms with Crippen molar-refractivity contribution in [2.45, 2.75) is 19.1 Å². The van der Waals surface area contributed by atoms with Gasteiger partial charge in [-0.2, -0.15) is 18.2 Å². The minimum atomic E-state index is -4.47. The van der Waals surface area contributed by atoms with Crippen molar-refractivity contribution in [3.63, 3.8) is 0 Å². The molecule has 0 aliphatic rings. The van der Waals surface area contributed by atoms with Gasteiger partial charge in [0, 0.05) is 5.56 Å². The average Bonchev–Trinajstić information content (AvgIpc) is 3.26. The van der Waals surface area contributed by atoms with E-state index < -0.39 is 23.7 Å². The molecule has 0 fully saturated rings. The molecule has 2 aromatic heterocycles. The van der Waals surface area contributed by atoms with Gasteiger partial charge in [0.1, 0.15) is 6.04 Å². The number of rotatable bonds is 4. The van der Waals surface area contributed by atoms with E-state index in [0.29, 0.717) is 0 Å². The van der Waals surface area contributed by atoms with E-state index >= 15 is 0 Å². The number of carbonyl (C=O) groups excluding carboxylic acids is 1. The van der Waals surface area contributed by atoms with Gasteiger partial charge in [0.25, 0.3) is 5.91 Å². The van der Waals surface area contributed by atoms with Crippen LogP contribution in [0.2, 0.25) is 0 Å². The molecular weight excluding hydrogens is 339 g/mol. The molecule has 3 aromatic rings. The van der Waals surface area contributed by atoms with Crippen LogP contribution in [0, 0.1) is 0 Å². The monoisotopic (exact) mass is 351 g/mol. The summed E-state index contributed by atoms with van der Waals surface area (Å²) in [6.45, 7) is 1.60. The van der Waals surface area contributed by atoms with Crippen molar-refractivity contribution in [1.82, 2.24) is 15.5 Å². The Labute approximate surface area is 139 Å². The second kappa shape index (κ2) is 6.42. The zero-order valence-electron chi connectivity index (χ0n) is 12.9. The van der Waals surface area contributed by atoms with Gasteiger partial charge >= 0.3 is 6.18 Å².